The van der Waals surface area contributed by atoms with Crippen molar-refractivity contribution in [3.8, 4) is 0 Å². The van der Waals surface area contributed by atoms with Gasteiger partial charge < -0.3 is 5.32 Å². The Bertz CT molecular complexity index is 487. The second kappa shape index (κ2) is 4.30. The molecule has 1 aliphatic rings. The lowest BCUT2D eigenvalue weighted by atomic mass is 9.98. The minimum Gasteiger partial charge on any atom is -0.358 e. The van der Waals surface area contributed by atoms with E-state index in [-0.39, 0.29) is 0 Å². The van der Waals surface area contributed by atoms with E-state index in [9.17, 15) is 0 Å². The van der Waals surface area contributed by atoms with E-state index in [0.717, 1.165) is 22.5 Å². The fourth-order valence-electron chi connectivity index (χ4n) is 2.66. The van der Waals surface area contributed by atoms with Crippen LogP contribution in [-0.2, 0) is 0 Å². The van der Waals surface area contributed by atoms with Crippen LogP contribution in [0.4, 0.5) is 5.13 Å². The van der Waals surface area contributed by atoms with Crippen LogP contribution in [0.25, 0.3) is 10.2 Å². The quantitative estimate of drug-likeness (QED) is 0.861. The third-order valence-electron chi connectivity index (χ3n) is 4.07. The molecular formula is C14H18N2S. The van der Waals surface area contributed by atoms with Gasteiger partial charge in [-0.15, -0.1) is 0 Å². The van der Waals surface area contributed by atoms with Crippen LogP contribution in [0, 0.1) is 11.8 Å². The molecule has 90 valence electrons. The van der Waals surface area contributed by atoms with Gasteiger partial charge in [-0.3, -0.25) is 0 Å². The van der Waals surface area contributed by atoms with Gasteiger partial charge >= 0.3 is 0 Å². The lowest BCUT2D eigenvalue weighted by molar-refractivity contribution is 0.435. The van der Waals surface area contributed by atoms with Gasteiger partial charge in [-0.25, -0.2) is 4.98 Å². The number of fused-ring (bicyclic) bond motifs is 1. The van der Waals surface area contributed by atoms with E-state index in [0.29, 0.717) is 6.04 Å². The molecule has 1 fully saturated rings. The molecule has 3 unspecified atom stereocenters. The van der Waals surface area contributed by atoms with E-state index >= 15 is 0 Å². The summed E-state index contributed by atoms with van der Waals surface area (Å²) in [6, 6.07) is 8.94. The number of hydrogen-bond acceptors (Lipinski definition) is 3. The van der Waals surface area contributed by atoms with Gasteiger partial charge in [0.15, 0.2) is 5.13 Å². The molecular weight excluding hydrogens is 228 g/mol. The molecule has 1 heterocycles. The van der Waals surface area contributed by atoms with Gasteiger partial charge in [-0.05, 0) is 36.8 Å². The van der Waals surface area contributed by atoms with Crippen LogP contribution in [0.5, 0.6) is 0 Å². The predicted molar refractivity (Wildman–Crippen MR) is 74.6 cm³/mol. The Morgan fingerprint density at radius 2 is 2.06 bits per heavy atom. The van der Waals surface area contributed by atoms with Gasteiger partial charge in [0.05, 0.1) is 10.2 Å². The van der Waals surface area contributed by atoms with Gasteiger partial charge in [-0.1, -0.05) is 37.3 Å². The zero-order valence-corrected chi connectivity index (χ0v) is 11.1. The van der Waals surface area contributed by atoms with Crippen LogP contribution >= 0.6 is 11.3 Å². The average Bonchev–Trinajstić information content (AvgIpc) is 2.87. The van der Waals surface area contributed by atoms with Crippen molar-refractivity contribution in [1.29, 1.82) is 0 Å². The standard InChI is InChI=1S/C14H18N2S/c1-9-7-8-11(10(9)2)15-14-16-12-5-3-4-6-13(12)17-14/h3-6,9-11H,7-8H2,1-2H3,(H,15,16). The highest BCUT2D eigenvalue weighted by molar-refractivity contribution is 7.22. The van der Waals surface area contributed by atoms with Crippen molar-refractivity contribution in [2.75, 3.05) is 5.32 Å². The zero-order chi connectivity index (χ0) is 11.8. The van der Waals surface area contributed by atoms with Gasteiger partial charge in [0, 0.05) is 6.04 Å². The highest BCUT2D eigenvalue weighted by Crippen LogP contribution is 2.35. The summed E-state index contributed by atoms with van der Waals surface area (Å²) in [6.45, 7) is 4.70. The minimum absolute atomic E-state index is 0.602. The molecule has 1 aromatic carbocycles. The van der Waals surface area contributed by atoms with Crippen LogP contribution in [-0.4, -0.2) is 11.0 Å². The number of nitrogens with zero attached hydrogens (tertiary/aromatic N) is 1. The summed E-state index contributed by atoms with van der Waals surface area (Å²) >= 11 is 1.77. The van der Waals surface area contributed by atoms with E-state index in [4.69, 9.17) is 0 Å². The molecule has 0 bridgehead atoms. The Morgan fingerprint density at radius 1 is 1.24 bits per heavy atom. The van der Waals surface area contributed by atoms with Crippen molar-refractivity contribution >= 4 is 26.7 Å². The zero-order valence-electron chi connectivity index (χ0n) is 10.3. The Morgan fingerprint density at radius 3 is 2.76 bits per heavy atom. The third kappa shape index (κ3) is 2.04. The number of nitrogens with one attached hydrogen (secondary N) is 1. The molecule has 1 aromatic heterocycles. The van der Waals surface area contributed by atoms with Crippen molar-refractivity contribution in [2.24, 2.45) is 11.8 Å². The predicted octanol–water partition coefficient (Wildman–Crippen LogP) is 4.14. The van der Waals surface area contributed by atoms with Gasteiger partial charge in [0.1, 0.15) is 0 Å². The number of thiazole rings is 1. The highest BCUT2D eigenvalue weighted by atomic mass is 32.1. The molecule has 0 saturated heterocycles. The summed E-state index contributed by atoms with van der Waals surface area (Å²) in [5, 5.41) is 4.70. The first-order valence-electron chi connectivity index (χ1n) is 6.36. The van der Waals surface area contributed by atoms with E-state index in [1.807, 2.05) is 6.07 Å². The Labute approximate surface area is 106 Å². The third-order valence-corrected chi connectivity index (χ3v) is 5.04. The van der Waals surface area contributed by atoms with E-state index in [2.05, 4.69) is 42.3 Å². The van der Waals surface area contributed by atoms with Crippen LogP contribution in [0.2, 0.25) is 0 Å². The van der Waals surface area contributed by atoms with Crippen molar-refractivity contribution in [1.82, 2.24) is 4.98 Å². The fraction of sp³-hybridized carbons (Fsp3) is 0.500. The highest BCUT2D eigenvalue weighted by Gasteiger charge is 2.30. The Kier molecular flexibility index (Phi) is 2.79. The second-order valence-electron chi connectivity index (χ2n) is 5.15. The topological polar surface area (TPSA) is 24.9 Å². The lowest BCUT2D eigenvalue weighted by Gasteiger charge is -2.18. The Balaban J connectivity index is 1.81. The molecule has 0 aliphatic heterocycles. The number of para-hydroxylation sites is 1. The number of benzene rings is 1. The smallest absolute Gasteiger partial charge is 0.184 e. The Hall–Kier alpha value is -1.09. The van der Waals surface area contributed by atoms with Crippen LogP contribution in [0.1, 0.15) is 26.7 Å². The maximum atomic E-state index is 4.64. The molecule has 1 aliphatic carbocycles. The molecule has 1 N–H and O–H groups in total. The summed E-state index contributed by atoms with van der Waals surface area (Å²) < 4.78 is 1.27. The first-order chi connectivity index (χ1) is 8.24. The molecule has 2 nitrogen and oxygen atoms in total. The summed E-state index contributed by atoms with van der Waals surface area (Å²) in [6.07, 6.45) is 2.61. The van der Waals surface area contributed by atoms with Gasteiger partial charge in [0.2, 0.25) is 0 Å². The van der Waals surface area contributed by atoms with Crippen molar-refractivity contribution in [2.45, 2.75) is 32.7 Å². The SMILES string of the molecule is CC1CCC(Nc2nc3ccccc3s2)C1C. The molecule has 2 aromatic rings. The molecule has 3 rings (SSSR count). The fourth-order valence-corrected chi connectivity index (χ4v) is 3.59. The summed E-state index contributed by atoms with van der Waals surface area (Å²) in [4.78, 5) is 4.64. The van der Waals surface area contributed by atoms with Crippen molar-refractivity contribution in [3.63, 3.8) is 0 Å². The first kappa shape index (κ1) is 11.0. The molecule has 3 atom stereocenters. The monoisotopic (exact) mass is 246 g/mol. The normalized spacial score (nSPS) is 28.7. The number of anilines is 1. The minimum atomic E-state index is 0.602. The largest absolute Gasteiger partial charge is 0.358 e. The van der Waals surface area contributed by atoms with Crippen LogP contribution < -0.4 is 5.32 Å². The van der Waals surface area contributed by atoms with Crippen molar-refractivity contribution < 1.29 is 0 Å². The van der Waals surface area contributed by atoms with E-state index in [1.165, 1.54) is 17.5 Å². The van der Waals surface area contributed by atoms with Crippen LogP contribution in [0.15, 0.2) is 24.3 Å². The molecule has 0 amide bonds. The number of rotatable bonds is 2. The summed E-state index contributed by atoms with van der Waals surface area (Å²) in [5.74, 6) is 1.59. The second-order valence-corrected chi connectivity index (χ2v) is 6.18. The molecule has 0 radical (unpaired) electrons. The first-order valence-corrected chi connectivity index (χ1v) is 7.18. The molecule has 1 saturated carbocycles. The van der Waals surface area contributed by atoms with Gasteiger partial charge in [-0.2, -0.15) is 0 Å². The summed E-state index contributed by atoms with van der Waals surface area (Å²) in [7, 11) is 0. The molecule has 17 heavy (non-hydrogen) atoms. The van der Waals surface area contributed by atoms with Crippen molar-refractivity contribution in [3.05, 3.63) is 24.3 Å². The lowest BCUT2D eigenvalue weighted by Crippen LogP contribution is -2.23. The van der Waals surface area contributed by atoms with E-state index < -0.39 is 0 Å². The average molecular weight is 246 g/mol. The molecule has 0 spiro atoms. The maximum absolute atomic E-state index is 4.64. The van der Waals surface area contributed by atoms with Gasteiger partial charge in [0.25, 0.3) is 0 Å². The maximum Gasteiger partial charge on any atom is 0.184 e. The number of hydrogen-bond donors (Lipinski definition) is 1. The number of aromatic nitrogens is 1. The molecule has 3 heteroatoms. The van der Waals surface area contributed by atoms with E-state index in [1.54, 1.807) is 11.3 Å². The van der Waals surface area contributed by atoms with Crippen LogP contribution in [0.3, 0.4) is 0 Å². The summed E-state index contributed by atoms with van der Waals surface area (Å²) in [5.41, 5.74) is 1.11.